The van der Waals surface area contributed by atoms with E-state index in [0.717, 1.165) is 13.0 Å². The standard InChI is InChI=1S/C15H22N2O4/c1-9(10-4-5-21-8-10)17-15(18)11-6-13(19-2)14(20-3)7-12(11)16/h6-7,9-10H,4-5,8,16H2,1-3H3,(H,17,18). The maximum Gasteiger partial charge on any atom is 0.253 e. The van der Waals surface area contributed by atoms with Crippen LogP contribution in [0.1, 0.15) is 23.7 Å². The SMILES string of the molecule is COc1cc(N)c(C(=O)NC(C)C2CCOC2)cc1OC. The molecule has 2 atom stereocenters. The molecule has 2 rings (SSSR count). The van der Waals surface area contributed by atoms with Crippen LogP contribution in [0, 0.1) is 5.92 Å². The number of benzene rings is 1. The van der Waals surface area contributed by atoms with E-state index in [1.54, 1.807) is 12.1 Å². The van der Waals surface area contributed by atoms with Crippen LogP contribution >= 0.6 is 0 Å². The van der Waals surface area contributed by atoms with Crippen molar-refractivity contribution < 1.29 is 19.0 Å². The molecule has 0 radical (unpaired) electrons. The highest BCUT2D eigenvalue weighted by Gasteiger charge is 2.25. The third kappa shape index (κ3) is 3.39. The normalized spacial score (nSPS) is 19.1. The molecule has 1 aromatic rings. The molecule has 3 N–H and O–H groups in total. The van der Waals surface area contributed by atoms with Gasteiger partial charge in [-0.3, -0.25) is 4.79 Å². The number of amides is 1. The highest BCUT2D eigenvalue weighted by atomic mass is 16.5. The Kier molecular flexibility index (Phi) is 4.90. The molecule has 1 aliphatic heterocycles. The van der Waals surface area contributed by atoms with E-state index in [0.29, 0.717) is 35.3 Å². The summed E-state index contributed by atoms with van der Waals surface area (Å²) in [5.41, 5.74) is 6.68. The predicted molar refractivity (Wildman–Crippen MR) is 79.8 cm³/mol. The highest BCUT2D eigenvalue weighted by Crippen LogP contribution is 2.32. The number of carbonyl (C=O) groups is 1. The lowest BCUT2D eigenvalue weighted by Crippen LogP contribution is -2.38. The first-order valence-electron chi connectivity index (χ1n) is 6.97. The molecule has 1 aliphatic rings. The van der Waals surface area contributed by atoms with E-state index >= 15 is 0 Å². The summed E-state index contributed by atoms with van der Waals surface area (Å²) in [4.78, 5) is 12.4. The van der Waals surface area contributed by atoms with Gasteiger partial charge in [0.1, 0.15) is 0 Å². The van der Waals surface area contributed by atoms with Crippen LogP contribution < -0.4 is 20.5 Å². The topological polar surface area (TPSA) is 82.8 Å². The van der Waals surface area contributed by atoms with E-state index in [4.69, 9.17) is 19.9 Å². The second-order valence-corrected chi connectivity index (χ2v) is 5.18. The van der Waals surface area contributed by atoms with Crippen molar-refractivity contribution in [2.45, 2.75) is 19.4 Å². The van der Waals surface area contributed by atoms with Gasteiger partial charge in [0.15, 0.2) is 11.5 Å². The Morgan fingerprint density at radius 1 is 1.38 bits per heavy atom. The summed E-state index contributed by atoms with van der Waals surface area (Å²) in [6.45, 7) is 3.42. The summed E-state index contributed by atoms with van der Waals surface area (Å²) in [5.74, 6) is 1.11. The first-order chi connectivity index (χ1) is 10.1. The van der Waals surface area contributed by atoms with Crippen molar-refractivity contribution in [1.82, 2.24) is 5.32 Å². The van der Waals surface area contributed by atoms with Crippen molar-refractivity contribution in [3.8, 4) is 11.5 Å². The van der Waals surface area contributed by atoms with Gasteiger partial charge in [0.05, 0.1) is 26.4 Å². The summed E-state index contributed by atoms with van der Waals surface area (Å²) in [6.07, 6.45) is 0.961. The maximum absolute atomic E-state index is 12.4. The maximum atomic E-state index is 12.4. The van der Waals surface area contributed by atoms with Crippen molar-refractivity contribution in [3.63, 3.8) is 0 Å². The van der Waals surface area contributed by atoms with Crippen LogP contribution in [0.15, 0.2) is 12.1 Å². The molecule has 1 heterocycles. The lowest BCUT2D eigenvalue weighted by molar-refractivity contribution is 0.0922. The molecule has 0 aliphatic carbocycles. The Bertz CT molecular complexity index is 513. The zero-order valence-electron chi connectivity index (χ0n) is 12.6. The van der Waals surface area contributed by atoms with Crippen molar-refractivity contribution in [3.05, 3.63) is 17.7 Å². The number of hydrogen-bond acceptors (Lipinski definition) is 5. The summed E-state index contributed by atoms with van der Waals surface area (Å²) in [7, 11) is 3.05. The van der Waals surface area contributed by atoms with Crippen molar-refractivity contribution in [2.24, 2.45) is 5.92 Å². The fourth-order valence-corrected chi connectivity index (χ4v) is 2.44. The van der Waals surface area contributed by atoms with E-state index < -0.39 is 0 Å². The lowest BCUT2D eigenvalue weighted by atomic mass is 10.00. The Labute approximate surface area is 124 Å². The number of rotatable bonds is 5. The van der Waals surface area contributed by atoms with Crippen LogP contribution in [0.4, 0.5) is 5.69 Å². The first-order valence-corrected chi connectivity index (χ1v) is 6.97. The molecular weight excluding hydrogens is 272 g/mol. The van der Waals surface area contributed by atoms with Crippen molar-refractivity contribution in [2.75, 3.05) is 33.2 Å². The minimum absolute atomic E-state index is 0.0347. The number of ether oxygens (including phenoxy) is 3. The fraction of sp³-hybridized carbons (Fsp3) is 0.533. The van der Waals surface area contributed by atoms with E-state index in [-0.39, 0.29) is 11.9 Å². The highest BCUT2D eigenvalue weighted by molar-refractivity contribution is 6.00. The van der Waals surface area contributed by atoms with Crippen LogP contribution in [-0.4, -0.2) is 39.4 Å². The summed E-state index contributed by atoms with van der Waals surface area (Å²) in [6, 6.07) is 3.23. The molecule has 1 aromatic carbocycles. The lowest BCUT2D eigenvalue weighted by Gasteiger charge is -2.20. The Morgan fingerprint density at radius 3 is 2.62 bits per heavy atom. The molecular formula is C15H22N2O4. The molecule has 6 nitrogen and oxygen atoms in total. The van der Waals surface area contributed by atoms with Crippen LogP contribution in [-0.2, 0) is 4.74 Å². The number of nitrogens with two attached hydrogens (primary N) is 1. The quantitative estimate of drug-likeness (QED) is 0.803. The second-order valence-electron chi connectivity index (χ2n) is 5.18. The summed E-state index contributed by atoms with van der Waals surface area (Å²) >= 11 is 0. The van der Waals surface area contributed by atoms with Gasteiger partial charge in [0.2, 0.25) is 0 Å². The minimum Gasteiger partial charge on any atom is -0.493 e. The number of hydrogen-bond donors (Lipinski definition) is 2. The third-order valence-electron chi connectivity index (χ3n) is 3.83. The molecule has 0 bridgehead atoms. The number of methoxy groups -OCH3 is 2. The average molecular weight is 294 g/mol. The molecule has 0 saturated carbocycles. The van der Waals surface area contributed by atoms with Crippen LogP contribution in [0.3, 0.4) is 0 Å². The zero-order valence-corrected chi connectivity index (χ0v) is 12.6. The van der Waals surface area contributed by atoms with Gasteiger partial charge < -0.3 is 25.3 Å². The zero-order chi connectivity index (χ0) is 15.4. The van der Waals surface area contributed by atoms with Crippen LogP contribution in [0.5, 0.6) is 11.5 Å². The van der Waals surface area contributed by atoms with Gasteiger partial charge >= 0.3 is 0 Å². The van der Waals surface area contributed by atoms with Gasteiger partial charge in [0.25, 0.3) is 5.91 Å². The minimum atomic E-state index is -0.215. The van der Waals surface area contributed by atoms with E-state index in [2.05, 4.69) is 5.32 Å². The number of carbonyl (C=O) groups excluding carboxylic acids is 1. The largest absolute Gasteiger partial charge is 0.493 e. The third-order valence-corrected chi connectivity index (χ3v) is 3.83. The Balaban J connectivity index is 2.14. The molecule has 6 heteroatoms. The smallest absolute Gasteiger partial charge is 0.253 e. The monoisotopic (exact) mass is 294 g/mol. The van der Waals surface area contributed by atoms with E-state index in [1.165, 1.54) is 14.2 Å². The van der Waals surface area contributed by atoms with Crippen LogP contribution in [0.25, 0.3) is 0 Å². The summed E-state index contributed by atoms with van der Waals surface area (Å²) in [5, 5.41) is 2.97. The van der Waals surface area contributed by atoms with Crippen molar-refractivity contribution in [1.29, 1.82) is 0 Å². The van der Waals surface area contributed by atoms with Gasteiger partial charge in [-0.05, 0) is 19.4 Å². The Morgan fingerprint density at radius 2 is 2.05 bits per heavy atom. The molecule has 0 spiro atoms. The molecule has 116 valence electrons. The Hall–Kier alpha value is -1.95. The first kappa shape index (κ1) is 15.4. The van der Waals surface area contributed by atoms with Gasteiger partial charge in [-0.1, -0.05) is 0 Å². The van der Waals surface area contributed by atoms with Gasteiger partial charge in [-0.15, -0.1) is 0 Å². The molecule has 2 unspecified atom stereocenters. The summed E-state index contributed by atoms with van der Waals surface area (Å²) < 4.78 is 15.7. The molecule has 1 amide bonds. The average Bonchev–Trinajstić information content (AvgIpc) is 3.00. The van der Waals surface area contributed by atoms with Crippen LogP contribution in [0.2, 0.25) is 0 Å². The molecule has 0 aromatic heterocycles. The molecule has 1 fully saturated rings. The van der Waals surface area contributed by atoms with Crippen molar-refractivity contribution >= 4 is 11.6 Å². The molecule has 21 heavy (non-hydrogen) atoms. The van der Waals surface area contributed by atoms with E-state index in [9.17, 15) is 4.79 Å². The number of anilines is 1. The fourth-order valence-electron chi connectivity index (χ4n) is 2.44. The van der Waals surface area contributed by atoms with Gasteiger partial charge in [-0.2, -0.15) is 0 Å². The number of nitrogens with one attached hydrogen (secondary N) is 1. The van der Waals surface area contributed by atoms with Gasteiger partial charge in [0, 0.05) is 30.3 Å². The molecule has 1 saturated heterocycles. The van der Waals surface area contributed by atoms with Gasteiger partial charge in [-0.25, -0.2) is 0 Å². The predicted octanol–water partition coefficient (Wildman–Crippen LogP) is 1.44. The van der Waals surface area contributed by atoms with E-state index in [1.807, 2.05) is 6.92 Å². The second kappa shape index (κ2) is 6.67. The number of nitrogen functional groups attached to an aromatic ring is 1.